The van der Waals surface area contributed by atoms with E-state index in [-0.39, 0.29) is 13.2 Å². The highest BCUT2D eigenvalue weighted by molar-refractivity contribution is 5.80. The van der Waals surface area contributed by atoms with E-state index in [1.165, 1.54) is 12.1 Å². The molecular weight excluding hydrogens is 320 g/mol. The lowest BCUT2D eigenvalue weighted by atomic mass is 10.1. The molecule has 0 aliphatic rings. The molecule has 0 spiro atoms. The molecule has 5 heteroatoms. The monoisotopic (exact) mass is 334 g/mol. The number of hydrogen-bond donors (Lipinski definition) is 0. The fraction of sp³-hybridized carbons (Fsp3) is 0.100. The summed E-state index contributed by atoms with van der Waals surface area (Å²) in [5.41, 5.74) is 1.73. The molecule has 0 saturated carbocycles. The molecule has 0 saturated heterocycles. The normalized spacial score (nSPS) is 11.2. The average molecular weight is 334 g/mol. The molecule has 0 unspecified atom stereocenters. The van der Waals surface area contributed by atoms with Crippen molar-refractivity contribution in [1.29, 1.82) is 0 Å². The second-order valence-corrected chi connectivity index (χ2v) is 5.67. The van der Waals surface area contributed by atoms with E-state index in [4.69, 9.17) is 13.6 Å². The molecule has 0 aliphatic carbocycles. The van der Waals surface area contributed by atoms with Crippen LogP contribution in [0.3, 0.4) is 0 Å². The zero-order valence-electron chi connectivity index (χ0n) is 13.2. The first-order valence-corrected chi connectivity index (χ1v) is 7.82. The van der Waals surface area contributed by atoms with E-state index in [0.717, 1.165) is 21.9 Å². The SMILES string of the molecule is O=c1cc(COCc2cc(=O)oc3ccccc23)c2ccccc2o1. The highest BCUT2D eigenvalue weighted by atomic mass is 16.5. The van der Waals surface area contributed by atoms with E-state index in [0.29, 0.717) is 11.2 Å². The summed E-state index contributed by atoms with van der Waals surface area (Å²) in [6, 6.07) is 17.5. The Balaban J connectivity index is 1.62. The third kappa shape index (κ3) is 3.09. The zero-order valence-corrected chi connectivity index (χ0v) is 13.2. The van der Waals surface area contributed by atoms with Crippen molar-refractivity contribution in [2.24, 2.45) is 0 Å². The van der Waals surface area contributed by atoms with Crippen molar-refractivity contribution in [1.82, 2.24) is 0 Å². The molecule has 0 atom stereocenters. The minimum atomic E-state index is -0.414. The minimum absolute atomic E-state index is 0.237. The fourth-order valence-corrected chi connectivity index (χ4v) is 2.87. The highest BCUT2D eigenvalue weighted by Gasteiger charge is 2.08. The van der Waals surface area contributed by atoms with Crippen molar-refractivity contribution in [3.8, 4) is 0 Å². The number of rotatable bonds is 4. The van der Waals surface area contributed by atoms with Gasteiger partial charge in [0.05, 0.1) is 13.2 Å². The van der Waals surface area contributed by atoms with Gasteiger partial charge >= 0.3 is 11.3 Å². The maximum atomic E-state index is 11.7. The van der Waals surface area contributed by atoms with Crippen molar-refractivity contribution < 1.29 is 13.6 Å². The Morgan fingerprint density at radius 3 is 1.60 bits per heavy atom. The van der Waals surface area contributed by atoms with Gasteiger partial charge in [0.15, 0.2) is 0 Å². The molecule has 0 amide bonds. The molecule has 2 aromatic carbocycles. The van der Waals surface area contributed by atoms with E-state index in [1.54, 1.807) is 12.1 Å². The number of benzene rings is 2. The largest absolute Gasteiger partial charge is 0.423 e. The van der Waals surface area contributed by atoms with Crippen molar-refractivity contribution >= 4 is 21.9 Å². The van der Waals surface area contributed by atoms with Gasteiger partial charge in [-0.2, -0.15) is 0 Å². The predicted octanol–water partition coefficient (Wildman–Crippen LogP) is 3.62. The van der Waals surface area contributed by atoms with Gasteiger partial charge in [0.25, 0.3) is 0 Å². The van der Waals surface area contributed by atoms with Gasteiger partial charge in [-0.25, -0.2) is 9.59 Å². The first-order valence-electron chi connectivity index (χ1n) is 7.82. The quantitative estimate of drug-likeness (QED) is 0.533. The van der Waals surface area contributed by atoms with E-state index < -0.39 is 11.3 Å². The molecule has 124 valence electrons. The van der Waals surface area contributed by atoms with Crippen LogP contribution in [-0.2, 0) is 18.0 Å². The Kier molecular flexibility index (Phi) is 3.91. The van der Waals surface area contributed by atoms with Crippen LogP contribution < -0.4 is 11.3 Å². The van der Waals surface area contributed by atoms with Gasteiger partial charge in [-0.05, 0) is 23.3 Å². The third-order valence-electron chi connectivity index (χ3n) is 3.99. The first kappa shape index (κ1) is 15.4. The van der Waals surface area contributed by atoms with E-state index in [9.17, 15) is 9.59 Å². The van der Waals surface area contributed by atoms with Crippen molar-refractivity contribution in [2.75, 3.05) is 0 Å². The fourth-order valence-electron chi connectivity index (χ4n) is 2.87. The van der Waals surface area contributed by atoms with Gasteiger partial charge in [0.2, 0.25) is 0 Å². The zero-order chi connectivity index (χ0) is 17.2. The van der Waals surface area contributed by atoms with E-state index >= 15 is 0 Å². The summed E-state index contributed by atoms with van der Waals surface area (Å²) in [5.74, 6) is 0. The van der Waals surface area contributed by atoms with E-state index in [1.807, 2.05) is 36.4 Å². The average Bonchev–Trinajstić information content (AvgIpc) is 2.61. The number of hydrogen-bond acceptors (Lipinski definition) is 5. The van der Waals surface area contributed by atoms with Crippen molar-refractivity contribution in [3.05, 3.63) is 92.6 Å². The summed E-state index contributed by atoms with van der Waals surface area (Å²) in [6.45, 7) is 0.474. The Morgan fingerprint density at radius 2 is 1.12 bits per heavy atom. The lowest BCUT2D eigenvalue weighted by molar-refractivity contribution is 0.108. The summed E-state index contributed by atoms with van der Waals surface area (Å²) in [6.07, 6.45) is 0. The van der Waals surface area contributed by atoms with Crippen molar-refractivity contribution in [2.45, 2.75) is 13.2 Å². The van der Waals surface area contributed by atoms with Crippen LogP contribution >= 0.6 is 0 Å². The Bertz CT molecular complexity index is 1080. The molecule has 2 heterocycles. The van der Waals surface area contributed by atoms with Gasteiger partial charge in [-0.3, -0.25) is 0 Å². The Labute approximate surface area is 142 Å². The maximum absolute atomic E-state index is 11.7. The topological polar surface area (TPSA) is 69.7 Å². The number of fused-ring (bicyclic) bond motifs is 2. The highest BCUT2D eigenvalue weighted by Crippen LogP contribution is 2.20. The molecule has 4 aromatic rings. The molecule has 25 heavy (non-hydrogen) atoms. The first-order chi connectivity index (χ1) is 12.2. The van der Waals surface area contributed by atoms with Gasteiger partial charge in [-0.15, -0.1) is 0 Å². The number of ether oxygens (including phenoxy) is 1. The molecule has 4 rings (SSSR count). The standard InChI is InChI=1S/C20H14O5/c21-19-9-13(15-5-1-3-7-17(15)24-19)11-23-12-14-10-20(22)25-18-8-4-2-6-16(14)18/h1-10H,11-12H2. The van der Waals surface area contributed by atoms with Crippen LogP contribution in [0.25, 0.3) is 21.9 Å². The van der Waals surface area contributed by atoms with Crippen LogP contribution in [0.1, 0.15) is 11.1 Å². The predicted molar refractivity (Wildman–Crippen MR) is 93.5 cm³/mol. The maximum Gasteiger partial charge on any atom is 0.336 e. The van der Waals surface area contributed by atoms with Gasteiger partial charge in [-0.1, -0.05) is 36.4 Å². The summed E-state index contributed by atoms with van der Waals surface area (Å²) in [7, 11) is 0. The second-order valence-electron chi connectivity index (χ2n) is 5.67. The molecular formula is C20H14O5. The molecule has 0 N–H and O–H groups in total. The lowest BCUT2D eigenvalue weighted by Gasteiger charge is -2.08. The molecule has 5 nitrogen and oxygen atoms in total. The van der Waals surface area contributed by atoms with Crippen LogP contribution in [0.5, 0.6) is 0 Å². The van der Waals surface area contributed by atoms with Gasteiger partial charge in [0.1, 0.15) is 11.2 Å². The van der Waals surface area contributed by atoms with Crippen LogP contribution in [0, 0.1) is 0 Å². The van der Waals surface area contributed by atoms with Crippen LogP contribution in [0.15, 0.2) is 79.1 Å². The Hall–Kier alpha value is -3.18. The number of para-hydroxylation sites is 2. The molecule has 0 bridgehead atoms. The van der Waals surface area contributed by atoms with E-state index in [2.05, 4.69) is 0 Å². The van der Waals surface area contributed by atoms with Gasteiger partial charge in [0, 0.05) is 22.9 Å². The van der Waals surface area contributed by atoms with Crippen LogP contribution in [-0.4, -0.2) is 0 Å². The summed E-state index contributed by atoms with van der Waals surface area (Å²) < 4.78 is 16.1. The molecule has 0 radical (unpaired) electrons. The van der Waals surface area contributed by atoms with Crippen LogP contribution in [0.4, 0.5) is 0 Å². The Morgan fingerprint density at radius 1 is 0.680 bits per heavy atom. The minimum Gasteiger partial charge on any atom is -0.423 e. The summed E-state index contributed by atoms with van der Waals surface area (Å²) in [5, 5.41) is 1.67. The molecule has 0 fully saturated rings. The lowest BCUT2D eigenvalue weighted by Crippen LogP contribution is -2.05. The summed E-state index contributed by atoms with van der Waals surface area (Å²) in [4.78, 5) is 23.4. The van der Waals surface area contributed by atoms with Crippen molar-refractivity contribution in [3.63, 3.8) is 0 Å². The van der Waals surface area contributed by atoms with Crippen LogP contribution in [0.2, 0.25) is 0 Å². The molecule has 0 aliphatic heterocycles. The molecule has 2 aromatic heterocycles. The second kappa shape index (κ2) is 6.37. The smallest absolute Gasteiger partial charge is 0.336 e. The summed E-state index contributed by atoms with van der Waals surface area (Å²) >= 11 is 0. The third-order valence-corrected chi connectivity index (χ3v) is 3.99. The van der Waals surface area contributed by atoms with Gasteiger partial charge < -0.3 is 13.6 Å².